The van der Waals surface area contributed by atoms with Crippen LogP contribution >= 0.6 is 0 Å². The normalized spacial score (nSPS) is 20.9. The molecular formula is C66H62O12. The molecule has 0 saturated heterocycles. The fourth-order valence-electron chi connectivity index (χ4n) is 13.2. The Balaban J connectivity index is 1.27. The minimum Gasteiger partial charge on any atom is -0.497 e. The van der Waals surface area contributed by atoms with E-state index >= 15 is 0 Å². The van der Waals surface area contributed by atoms with Crippen molar-refractivity contribution in [3.05, 3.63) is 212 Å². The topological polar surface area (TPSA) is 111 Å². The van der Waals surface area contributed by atoms with Gasteiger partial charge in [0.2, 0.25) is 0 Å². The van der Waals surface area contributed by atoms with Crippen LogP contribution in [0.25, 0.3) is 0 Å². The van der Waals surface area contributed by atoms with Crippen molar-refractivity contribution in [1.29, 1.82) is 0 Å². The van der Waals surface area contributed by atoms with Gasteiger partial charge in [-0.1, -0.05) is 48.5 Å². The zero-order valence-corrected chi connectivity index (χ0v) is 45.4. The monoisotopic (exact) mass is 1050 g/mol. The molecule has 78 heavy (non-hydrogen) atoms. The molecule has 0 spiro atoms. The maximum absolute atomic E-state index is 7.40. The van der Waals surface area contributed by atoms with Gasteiger partial charge in [0.05, 0.1) is 82.9 Å². The van der Waals surface area contributed by atoms with E-state index in [1.54, 1.807) is 71.1 Å². The van der Waals surface area contributed by atoms with Crippen LogP contribution in [0.4, 0.5) is 0 Å². The molecule has 0 radical (unpaired) electrons. The third-order valence-corrected chi connectivity index (χ3v) is 16.7. The summed E-state index contributed by atoms with van der Waals surface area (Å²) >= 11 is 0. The summed E-state index contributed by atoms with van der Waals surface area (Å²) in [4.78, 5) is 0. The van der Waals surface area contributed by atoms with Gasteiger partial charge in [-0.25, -0.2) is 0 Å². The van der Waals surface area contributed by atoms with Gasteiger partial charge in [0.25, 0.3) is 0 Å². The predicted octanol–water partition coefficient (Wildman–Crippen LogP) is 13.5. The molecule has 0 aromatic heterocycles. The maximum atomic E-state index is 7.40. The summed E-state index contributed by atoms with van der Waals surface area (Å²) in [6, 6.07) is 50.1. The number of rotatable bonds is 15. The van der Waals surface area contributed by atoms with Gasteiger partial charge in [0.1, 0.15) is 81.2 Å². The van der Waals surface area contributed by atoms with E-state index in [0.717, 1.165) is 101 Å². The summed E-state index contributed by atoms with van der Waals surface area (Å²) in [6.45, 7) is 0. The molecule has 12 rings (SSSR count). The van der Waals surface area contributed by atoms with Crippen molar-refractivity contribution in [2.45, 2.75) is 47.7 Å². The smallest absolute Gasteiger partial charge is 0.135 e. The lowest BCUT2D eigenvalue weighted by Gasteiger charge is -2.41. The standard InChI is InChI=1S/C66H62O12/c1-67-39-19-11-35(12-20-39)55-57-49(29-43(71-5)31-51(57)75-9)63-59-47(27-45(73-7)33-53(59)77-65(63)37-15-23-41(69-3)24-16-37)61(55)62-48-28-46(74-8)34-54-60(48)64(66(78-54)38-17-25-42(70-4)26-18-38)50-30-44(72-6)32-52(76-10)58(50)56(62)36-13-21-40(68-2)22-14-36/h11-34,55-56,61-66H,1-10H3/t55-,56-,61-,62-,63+,64+,65-,66-/m0/s1. The van der Waals surface area contributed by atoms with Crippen molar-refractivity contribution in [2.24, 2.45) is 0 Å². The molecule has 12 nitrogen and oxygen atoms in total. The van der Waals surface area contributed by atoms with E-state index in [0.29, 0.717) is 34.5 Å². The maximum Gasteiger partial charge on any atom is 0.135 e. The quantitative estimate of drug-likeness (QED) is 0.0975. The molecule has 398 valence electrons. The Bertz CT molecular complexity index is 3290. The lowest BCUT2D eigenvalue weighted by atomic mass is 9.62. The van der Waals surface area contributed by atoms with Crippen LogP contribution in [0.3, 0.4) is 0 Å². The molecule has 0 amide bonds. The van der Waals surface area contributed by atoms with Crippen LogP contribution in [0.5, 0.6) is 69.0 Å². The van der Waals surface area contributed by atoms with E-state index < -0.39 is 35.9 Å². The first-order valence-electron chi connectivity index (χ1n) is 26.0. The van der Waals surface area contributed by atoms with Gasteiger partial charge in [-0.3, -0.25) is 0 Å². The molecule has 0 saturated carbocycles. The molecular weight excluding hydrogens is 985 g/mol. The zero-order chi connectivity index (χ0) is 53.9. The summed E-state index contributed by atoms with van der Waals surface area (Å²) in [5.41, 5.74) is 12.2. The minimum absolute atomic E-state index is 0.373. The van der Waals surface area contributed by atoms with Crippen molar-refractivity contribution >= 4 is 0 Å². The van der Waals surface area contributed by atoms with Gasteiger partial charge in [-0.05, 0) is 117 Å². The Morgan fingerprint density at radius 1 is 0.256 bits per heavy atom. The minimum atomic E-state index is -0.494. The molecule has 2 heterocycles. The van der Waals surface area contributed by atoms with Crippen LogP contribution in [0, 0.1) is 0 Å². The number of fused-ring (bicyclic) bond motifs is 4. The molecule has 8 atom stereocenters. The lowest BCUT2D eigenvalue weighted by Crippen LogP contribution is -2.27. The summed E-state index contributed by atoms with van der Waals surface area (Å²) in [6.07, 6.45) is -0.988. The molecule has 0 N–H and O–H groups in total. The van der Waals surface area contributed by atoms with Crippen LogP contribution in [0.2, 0.25) is 0 Å². The number of benzene rings is 8. The van der Waals surface area contributed by atoms with Crippen LogP contribution in [0.1, 0.15) is 114 Å². The molecule has 8 aromatic carbocycles. The summed E-state index contributed by atoms with van der Waals surface area (Å²) < 4.78 is 76.5. The highest BCUT2D eigenvalue weighted by molar-refractivity contribution is 5.71. The average Bonchev–Trinajstić information content (AvgIpc) is 4.25. The first kappa shape index (κ1) is 50.2. The predicted molar refractivity (Wildman–Crippen MR) is 297 cm³/mol. The molecule has 0 fully saturated rings. The SMILES string of the molecule is COc1ccc([C@H]2c3c(OC)cc(OC)cc3[C@@H]3c4c(cc(OC)cc4[C@@H]2[C@H]2c4cc(OC)cc5c4[C@@H](c4cc(OC)cc(OC)c4[C@@H]2c2ccc(OC)cc2)[C@H](c2ccc(OC)cc2)O5)O[C@H]3c2ccc(OC)cc2)cc1. The summed E-state index contributed by atoms with van der Waals surface area (Å²) in [5, 5.41) is 0. The van der Waals surface area contributed by atoms with Gasteiger partial charge in [0.15, 0.2) is 0 Å². The first-order chi connectivity index (χ1) is 38.2. The van der Waals surface area contributed by atoms with E-state index in [4.69, 9.17) is 56.8 Å². The first-order valence-corrected chi connectivity index (χ1v) is 26.0. The van der Waals surface area contributed by atoms with Gasteiger partial charge in [-0.2, -0.15) is 0 Å². The molecule has 8 aromatic rings. The van der Waals surface area contributed by atoms with Gasteiger partial charge in [-0.15, -0.1) is 0 Å². The Morgan fingerprint density at radius 2 is 0.538 bits per heavy atom. The van der Waals surface area contributed by atoms with Crippen molar-refractivity contribution in [3.63, 3.8) is 0 Å². The van der Waals surface area contributed by atoms with Crippen LogP contribution in [-0.2, 0) is 0 Å². The van der Waals surface area contributed by atoms with Crippen molar-refractivity contribution in [1.82, 2.24) is 0 Å². The highest BCUT2D eigenvalue weighted by atomic mass is 16.5. The average molecular weight is 1050 g/mol. The van der Waals surface area contributed by atoms with E-state index in [2.05, 4.69) is 72.8 Å². The highest BCUT2D eigenvalue weighted by Gasteiger charge is 2.55. The van der Waals surface area contributed by atoms with Gasteiger partial charge in [0, 0.05) is 70.2 Å². The molecule has 0 bridgehead atoms. The fraction of sp³-hybridized carbons (Fsp3) is 0.273. The Kier molecular flexibility index (Phi) is 13.1. The van der Waals surface area contributed by atoms with E-state index in [-0.39, 0.29) is 11.8 Å². The van der Waals surface area contributed by atoms with E-state index in [9.17, 15) is 0 Å². The second-order valence-corrected chi connectivity index (χ2v) is 20.1. The van der Waals surface area contributed by atoms with Gasteiger partial charge >= 0.3 is 0 Å². The number of hydrogen-bond donors (Lipinski definition) is 0. The third-order valence-electron chi connectivity index (χ3n) is 16.7. The fourth-order valence-corrected chi connectivity index (χ4v) is 13.2. The Hall–Kier alpha value is -8.64. The third kappa shape index (κ3) is 8.10. The molecule has 2 aliphatic heterocycles. The lowest BCUT2D eigenvalue weighted by molar-refractivity contribution is 0.220. The largest absolute Gasteiger partial charge is 0.497 e. The Morgan fingerprint density at radius 3 is 0.833 bits per heavy atom. The molecule has 0 unspecified atom stereocenters. The van der Waals surface area contributed by atoms with Gasteiger partial charge < -0.3 is 56.8 Å². The van der Waals surface area contributed by atoms with Crippen LogP contribution in [0.15, 0.2) is 146 Å². The molecule has 2 aliphatic carbocycles. The number of methoxy groups -OCH3 is 10. The van der Waals surface area contributed by atoms with E-state index in [1.807, 2.05) is 72.8 Å². The van der Waals surface area contributed by atoms with Crippen molar-refractivity contribution in [3.8, 4) is 69.0 Å². The summed E-state index contributed by atoms with van der Waals surface area (Å²) in [7, 11) is 17.1. The summed E-state index contributed by atoms with van der Waals surface area (Å²) in [5.74, 6) is 5.79. The second-order valence-electron chi connectivity index (χ2n) is 20.1. The van der Waals surface area contributed by atoms with Crippen molar-refractivity contribution in [2.75, 3.05) is 71.1 Å². The zero-order valence-electron chi connectivity index (χ0n) is 45.4. The highest BCUT2D eigenvalue weighted by Crippen LogP contribution is 2.69. The second kappa shape index (κ2) is 20.4. The number of hydrogen-bond acceptors (Lipinski definition) is 12. The molecule has 12 heteroatoms. The van der Waals surface area contributed by atoms with Crippen LogP contribution < -0.4 is 56.8 Å². The Labute approximate surface area is 455 Å². The van der Waals surface area contributed by atoms with Crippen molar-refractivity contribution < 1.29 is 56.8 Å². The number of ether oxygens (including phenoxy) is 12. The van der Waals surface area contributed by atoms with E-state index in [1.165, 1.54) is 0 Å². The van der Waals surface area contributed by atoms with Crippen LogP contribution in [-0.4, -0.2) is 71.1 Å². The molecule has 4 aliphatic rings.